The molecule has 1 aromatic carbocycles. The van der Waals surface area contributed by atoms with Gasteiger partial charge in [-0.25, -0.2) is 4.98 Å². The summed E-state index contributed by atoms with van der Waals surface area (Å²) < 4.78 is 5.78. The molecular formula is C18H21NO2. The zero-order valence-electron chi connectivity index (χ0n) is 12.2. The molecule has 2 fully saturated rings. The van der Waals surface area contributed by atoms with Gasteiger partial charge in [0, 0.05) is 12.1 Å². The Balaban J connectivity index is 1.67. The fraction of sp³-hybridized carbons (Fsp3) is 0.500. The number of benzene rings is 1. The summed E-state index contributed by atoms with van der Waals surface area (Å²) in [5.41, 5.74) is 3.01. The van der Waals surface area contributed by atoms with Crippen LogP contribution in [0.5, 0.6) is 5.75 Å². The van der Waals surface area contributed by atoms with Gasteiger partial charge >= 0.3 is 0 Å². The highest BCUT2D eigenvalue weighted by Gasteiger charge is 2.31. The molecule has 2 aliphatic carbocycles. The molecule has 0 bridgehead atoms. The molecular weight excluding hydrogens is 262 g/mol. The average molecular weight is 283 g/mol. The number of phenolic OH excluding ortho intramolecular Hbond substituents is 1. The van der Waals surface area contributed by atoms with Crippen molar-refractivity contribution in [2.75, 3.05) is 0 Å². The van der Waals surface area contributed by atoms with E-state index in [0.717, 1.165) is 17.4 Å². The van der Waals surface area contributed by atoms with Crippen LogP contribution >= 0.6 is 0 Å². The molecule has 0 aliphatic heterocycles. The van der Waals surface area contributed by atoms with Gasteiger partial charge < -0.3 is 9.52 Å². The van der Waals surface area contributed by atoms with Crippen molar-refractivity contribution < 1.29 is 9.52 Å². The number of allylic oxidation sites excluding steroid dienone is 1. The van der Waals surface area contributed by atoms with E-state index in [1.54, 1.807) is 18.2 Å². The van der Waals surface area contributed by atoms with Crippen LogP contribution in [0.15, 0.2) is 28.2 Å². The van der Waals surface area contributed by atoms with E-state index >= 15 is 0 Å². The summed E-state index contributed by atoms with van der Waals surface area (Å²) in [5.74, 6) is 2.54. The molecule has 4 rings (SSSR count). The van der Waals surface area contributed by atoms with Crippen molar-refractivity contribution in [3.8, 4) is 5.75 Å². The summed E-state index contributed by atoms with van der Waals surface area (Å²) in [5, 5.41) is 9.51. The van der Waals surface area contributed by atoms with E-state index in [0.29, 0.717) is 11.5 Å². The molecule has 110 valence electrons. The summed E-state index contributed by atoms with van der Waals surface area (Å²) in [7, 11) is 0. The summed E-state index contributed by atoms with van der Waals surface area (Å²) in [6.45, 7) is 0. The lowest BCUT2D eigenvalue weighted by atomic mass is 9.68. The van der Waals surface area contributed by atoms with E-state index in [2.05, 4.69) is 11.1 Å². The molecule has 0 spiro atoms. The lowest BCUT2D eigenvalue weighted by Gasteiger charge is -2.37. The fourth-order valence-electron chi connectivity index (χ4n) is 4.13. The van der Waals surface area contributed by atoms with Crippen molar-refractivity contribution >= 4 is 17.2 Å². The first-order chi connectivity index (χ1) is 10.3. The number of nitrogens with zero attached hydrogens (tertiary/aromatic N) is 1. The Hall–Kier alpha value is -1.77. The van der Waals surface area contributed by atoms with Crippen LogP contribution in [0.1, 0.15) is 50.8 Å². The van der Waals surface area contributed by atoms with Gasteiger partial charge in [-0.2, -0.15) is 0 Å². The molecule has 0 amide bonds. The second kappa shape index (κ2) is 5.21. The summed E-state index contributed by atoms with van der Waals surface area (Å²) in [4.78, 5) is 4.53. The van der Waals surface area contributed by atoms with Crippen molar-refractivity contribution in [3.05, 3.63) is 29.7 Å². The summed E-state index contributed by atoms with van der Waals surface area (Å²) in [6.07, 6.45) is 11.5. The van der Waals surface area contributed by atoms with Gasteiger partial charge in [0.1, 0.15) is 11.3 Å². The van der Waals surface area contributed by atoms with Crippen molar-refractivity contribution in [2.45, 2.75) is 44.9 Å². The number of hydrogen-bond donors (Lipinski definition) is 1. The molecule has 21 heavy (non-hydrogen) atoms. The van der Waals surface area contributed by atoms with E-state index in [1.807, 2.05) is 0 Å². The Morgan fingerprint density at radius 2 is 2.00 bits per heavy atom. The normalized spacial score (nSPS) is 27.9. The SMILES string of the molecule is Oc1ccc2nc(C=C3CCCC4CCCCC34)oc2c1. The van der Waals surface area contributed by atoms with Crippen LogP contribution in [0.25, 0.3) is 17.2 Å². The number of fused-ring (bicyclic) bond motifs is 2. The maximum Gasteiger partial charge on any atom is 0.219 e. The number of aromatic nitrogens is 1. The van der Waals surface area contributed by atoms with Crippen molar-refractivity contribution in [1.29, 1.82) is 0 Å². The van der Waals surface area contributed by atoms with Crippen LogP contribution in [0.2, 0.25) is 0 Å². The van der Waals surface area contributed by atoms with Crippen molar-refractivity contribution in [2.24, 2.45) is 11.8 Å². The van der Waals surface area contributed by atoms with E-state index in [1.165, 1.54) is 50.5 Å². The maximum atomic E-state index is 9.51. The highest BCUT2D eigenvalue weighted by molar-refractivity contribution is 5.75. The standard InChI is InChI=1S/C18H21NO2/c20-14-8-9-16-17(11-14)21-18(19-16)10-13-6-3-5-12-4-1-2-7-15(12)13/h8-12,15,20H,1-7H2. The van der Waals surface area contributed by atoms with Crippen molar-refractivity contribution in [1.82, 2.24) is 4.98 Å². The summed E-state index contributed by atoms with van der Waals surface area (Å²) in [6, 6.07) is 5.09. The van der Waals surface area contributed by atoms with Gasteiger partial charge in [-0.05, 0) is 56.1 Å². The Morgan fingerprint density at radius 1 is 1.14 bits per heavy atom. The van der Waals surface area contributed by atoms with Gasteiger partial charge in [0.05, 0.1) is 0 Å². The van der Waals surface area contributed by atoms with E-state index in [-0.39, 0.29) is 5.75 Å². The lowest BCUT2D eigenvalue weighted by Crippen LogP contribution is -2.25. The van der Waals surface area contributed by atoms with E-state index in [9.17, 15) is 5.11 Å². The van der Waals surface area contributed by atoms with E-state index in [4.69, 9.17) is 4.42 Å². The number of rotatable bonds is 1. The highest BCUT2D eigenvalue weighted by atomic mass is 16.3. The Kier molecular flexibility index (Phi) is 3.21. The molecule has 3 nitrogen and oxygen atoms in total. The van der Waals surface area contributed by atoms with Gasteiger partial charge in [0.2, 0.25) is 5.89 Å². The quantitative estimate of drug-likeness (QED) is 0.809. The minimum absolute atomic E-state index is 0.225. The minimum atomic E-state index is 0.225. The summed E-state index contributed by atoms with van der Waals surface area (Å²) >= 11 is 0. The van der Waals surface area contributed by atoms with Crippen LogP contribution in [0.3, 0.4) is 0 Å². The zero-order chi connectivity index (χ0) is 14.2. The Bertz CT molecular complexity index is 684. The maximum absolute atomic E-state index is 9.51. The molecule has 0 saturated heterocycles. The van der Waals surface area contributed by atoms with Gasteiger partial charge in [0.25, 0.3) is 0 Å². The Morgan fingerprint density at radius 3 is 2.95 bits per heavy atom. The Labute approximate surface area is 124 Å². The smallest absolute Gasteiger partial charge is 0.219 e. The third kappa shape index (κ3) is 2.45. The first-order valence-electron chi connectivity index (χ1n) is 8.09. The molecule has 2 saturated carbocycles. The third-order valence-electron chi connectivity index (χ3n) is 5.12. The average Bonchev–Trinajstić information content (AvgIpc) is 2.89. The first-order valence-corrected chi connectivity index (χ1v) is 8.09. The minimum Gasteiger partial charge on any atom is -0.508 e. The number of phenols is 1. The molecule has 2 unspecified atom stereocenters. The van der Waals surface area contributed by atoms with Gasteiger partial charge in [-0.3, -0.25) is 0 Å². The first kappa shape index (κ1) is 12.9. The molecule has 2 aromatic rings. The van der Waals surface area contributed by atoms with E-state index < -0.39 is 0 Å². The zero-order valence-corrected chi connectivity index (χ0v) is 12.2. The van der Waals surface area contributed by atoms with Gasteiger partial charge in [0.15, 0.2) is 5.58 Å². The fourth-order valence-corrected chi connectivity index (χ4v) is 4.13. The predicted molar refractivity (Wildman–Crippen MR) is 82.9 cm³/mol. The lowest BCUT2D eigenvalue weighted by molar-refractivity contribution is 0.224. The number of aromatic hydroxyl groups is 1. The predicted octanol–water partition coefficient (Wildman–Crippen LogP) is 4.91. The third-order valence-corrected chi connectivity index (χ3v) is 5.12. The highest BCUT2D eigenvalue weighted by Crippen LogP contribution is 2.44. The molecule has 1 N–H and O–H groups in total. The molecule has 1 heterocycles. The number of oxazole rings is 1. The molecule has 0 radical (unpaired) electrons. The molecule has 3 heteroatoms. The second-order valence-electron chi connectivity index (χ2n) is 6.47. The monoisotopic (exact) mass is 283 g/mol. The van der Waals surface area contributed by atoms with Crippen LogP contribution in [-0.4, -0.2) is 10.1 Å². The van der Waals surface area contributed by atoms with Crippen LogP contribution in [-0.2, 0) is 0 Å². The van der Waals surface area contributed by atoms with Crippen LogP contribution in [0, 0.1) is 11.8 Å². The van der Waals surface area contributed by atoms with Crippen molar-refractivity contribution in [3.63, 3.8) is 0 Å². The molecule has 2 atom stereocenters. The largest absolute Gasteiger partial charge is 0.508 e. The van der Waals surface area contributed by atoms with Crippen LogP contribution in [0.4, 0.5) is 0 Å². The number of hydrogen-bond acceptors (Lipinski definition) is 3. The molecule has 1 aromatic heterocycles. The van der Waals surface area contributed by atoms with Gasteiger partial charge in [-0.15, -0.1) is 0 Å². The molecule has 2 aliphatic rings. The second-order valence-corrected chi connectivity index (χ2v) is 6.47. The topological polar surface area (TPSA) is 46.3 Å². The van der Waals surface area contributed by atoms with Gasteiger partial charge in [-0.1, -0.05) is 18.4 Å². The van der Waals surface area contributed by atoms with Crippen LogP contribution < -0.4 is 0 Å².